The van der Waals surface area contributed by atoms with E-state index in [1.165, 1.54) is 32.4 Å². The molecule has 0 spiro atoms. The molecule has 1 heterocycles. The number of aryl methyl sites for hydroxylation is 1. The summed E-state index contributed by atoms with van der Waals surface area (Å²) in [6, 6.07) is 11.7. The van der Waals surface area contributed by atoms with Gasteiger partial charge < -0.3 is 14.6 Å². The molecule has 0 aliphatic carbocycles. The first-order valence-electron chi connectivity index (χ1n) is 8.85. The van der Waals surface area contributed by atoms with Gasteiger partial charge in [0, 0.05) is 31.7 Å². The maximum absolute atomic E-state index is 12.7. The quantitative estimate of drug-likeness (QED) is 0.616. The van der Waals surface area contributed by atoms with Crippen LogP contribution in [0.2, 0.25) is 0 Å². The summed E-state index contributed by atoms with van der Waals surface area (Å²) in [5.41, 5.74) is 1.89. The molecule has 0 bridgehead atoms. The zero-order valence-electron chi connectivity index (χ0n) is 16.3. The summed E-state index contributed by atoms with van der Waals surface area (Å²) in [6.07, 6.45) is 3.58. The van der Waals surface area contributed by atoms with E-state index in [9.17, 15) is 13.2 Å². The second-order valence-electron chi connectivity index (χ2n) is 6.28. The molecular formula is C20H22N4O4S. The summed E-state index contributed by atoms with van der Waals surface area (Å²) in [6.45, 7) is 2.02. The number of amides is 1. The van der Waals surface area contributed by atoms with Crippen LogP contribution >= 0.6 is 0 Å². The average Bonchev–Trinajstić information content (AvgIpc) is 3.17. The van der Waals surface area contributed by atoms with Crippen LogP contribution in [0.1, 0.15) is 21.7 Å². The minimum absolute atomic E-state index is 0.0115. The van der Waals surface area contributed by atoms with Crippen molar-refractivity contribution in [2.45, 2.75) is 18.4 Å². The fourth-order valence-corrected chi connectivity index (χ4v) is 3.90. The third kappa shape index (κ3) is 4.47. The van der Waals surface area contributed by atoms with Gasteiger partial charge in [0.2, 0.25) is 10.0 Å². The van der Waals surface area contributed by atoms with E-state index in [1.807, 2.05) is 42.0 Å². The van der Waals surface area contributed by atoms with Crippen LogP contribution in [0, 0.1) is 6.92 Å². The highest BCUT2D eigenvalue weighted by Gasteiger charge is 2.19. The SMILES string of the molecule is CNC(=O)c1cc(S(=O)(=O)NCc2ccc(-n3ccnc3C)cc2)ccc1OC. The predicted octanol–water partition coefficient (Wildman–Crippen LogP) is 2.03. The highest BCUT2D eigenvalue weighted by molar-refractivity contribution is 7.89. The van der Waals surface area contributed by atoms with E-state index in [2.05, 4.69) is 15.0 Å². The van der Waals surface area contributed by atoms with Crippen molar-refractivity contribution in [2.75, 3.05) is 14.2 Å². The second kappa shape index (κ2) is 8.46. The molecular weight excluding hydrogens is 392 g/mol. The molecule has 0 aliphatic heterocycles. The van der Waals surface area contributed by atoms with Gasteiger partial charge in [-0.05, 0) is 42.8 Å². The molecule has 0 radical (unpaired) electrons. The molecule has 0 saturated heterocycles. The van der Waals surface area contributed by atoms with Crippen LogP contribution in [0.5, 0.6) is 5.75 Å². The molecule has 1 amide bonds. The van der Waals surface area contributed by atoms with Gasteiger partial charge in [-0.1, -0.05) is 12.1 Å². The number of carbonyl (C=O) groups excluding carboxylic acids is 1. The van der Waals surface area contributed by atoms with Gasteiger partial charge in [-0.15, -0.1) is 0 Å². The Bertz CT molecular complexity index is 1120. The third-order valence-electron chi connectivity index (χ3n) is 4.46. The molecule has 0 unspecified atom stereocenters. The van der Waals surface area contributed by atoms with Crippen molar-refractivity contribution in [3.63, 3.8) is 0 Å². The summed E-state index contributed by atoms with van der Waals surface area (Å²) in [7, 11) is -0.920. The van der Waals surface area contributed by atoms with Crippen molar-refractivity contribution in [3.8, 4) is 11.4 Å². The number of rotatable bonds is 7. The van der Waals surface area contributed by atoms with Crippen molar-refractivity contribution in [1.82, 2.24) is 19.6 Å². The van der Waals surface area contributed by atoms with Crippen LogP contribution in [0.4, 0.5) is 0 Å². The van der Waals surface area contributed by atoms with Gasteiger partial charge in [-0.3, -0.25) is 4.79 Å². The number of aromatic nitrogens is 2. The number of sulfonamides is 1. The zero-order chi connectivity index (χ0) is 21.0. The number of hydrogen-bond acceptors (Lipinski definition) is 5. The fourth-order valence-electron chi connectivity index (χ4n) is 2.85. The van der Waals surface area contributed by atoms with Gasteiger partial charge in [-0.25, -0.2) is 18.1 Å². The van der Waals surface area contributed by atoms with Gasteiger partial charge in [0.1, 0.15) is 11.6 Å². The van der Waals surface area contributed by atoms with Gasteiger partial charge in [0.05, 0.1) is 17.6 Å². The summed E-state index contributed by atoms with van der Waals surface area (Å²) in [4.78, 5) is 16.2. The van der Waals surface area contributed by atoms with E-state index >= 15 is 0 Å². The lowest BCUT2D eigenvalue weighted by Gasteiger charge is -2.12. The molecule has 1 aromatic heterocycles. The topological polar surface area (TPSA) is 102 Å². The van der Waals surface area contributed by atoms with Gasteiger partial charge in [0.15, 0.2) is 0 Å². The lowest BCUT2D eigenvalue weighted by molar-refractivity contribution is 0.0960. The maximum atomic E-state index is 12.7. The lowest BCUT2D eigenvalue weighted by Crippen LogP contribution is -2.24. The summed E-state index contributed by atoms with van der Waals surface area (Å²) < 4.78 is 35.0. The Morgan fingerprint density at radius 3 is 2.48 bits per heavy atom. The van der Waals surface area contributed by atoms with E-state index < -0.39 is 15.9 Å². The molecule has 2 aromatic carbocycles. The average molecular weight is 414 g/mol. The predicted molar refractivity (Wildman–Crippen MR) is 109 cm³/mol. The Morgan fingerprint density at radius 2 is 1.90 bits per heavy atom. The van der Waals surface area contributed by atoms with Crippen LogP contribution in [0.3, 0.4) is 0 Å². The van der Waals surface area contributed by atoms with Crippen molar-refractivity contribution in [2.24, 2.45) is 0 Å². The fraction of sp³-hybridized carbons (Fsp3) is 0.200. The summed E-state index contributed by atoms with van der Waals surface area (Å²) >= 11 is 0. The highest BCUT2D eigenvalue weighted by Crippen LogP contribution is 2.22. The molecule has 8 nitrogen and oxygen atoms in total. The Kier molecular flexibility index (Phi) is 6.00. The van der Waals surface area contributed by atoms with Crippen LogP contribution in [0.15, 0.2) is 59.8 Å². The van der Waals surface area contributed by atoms with Crippen molar-refractivity contribution in [3.05, 3.63) is 71.8 Å². The molecule has 3 aromatic rings. The first kappa shape index (κ1) is 20.6. The van der Waals surface area contributed by atoms with Crippen LogP contribution in [0.25, 0.3) is 5.69 Å². The number of ether oxygens (including phenoxy) is 1. The molecule has 2 N–H and O–H groups in total. The molecule has 0 fully saturated rings. The van der Waals surface area contributed by atoms with Crippen LogP contribution in [-0.2, 0) is 16.6 Å². The van der Waals surface area contributed by atoms with E-state index in [0.717, 1.165) is 17.1 Å². The number of hydrogen-bond donors (Lipinski definition) is 2. The van der Waals surface area contributed by atoms with Gasteiger partial charge in [-0.2, -0.15) is 0 Å². The largest absolute Gasteiger partial charge is 0.496 e. The Balaban J connectivity index is 1.76. The minimum atomic E-state index is -3.81. The Labute approximate surface area is 169 Å². The smallest absolute Gasteiger partial charge is 0.254 e. The van der Waals surface area contributed by atoms with E-state index in [0.29, 0.717) is 5.75 Å². The number of nitrogens with one attached hydrogen (secondary N) is 2. The summed E-state index contributed by atoms with van der Waals surface area (Å²) in [5, 5.41) is 2.47. The highest BCUT2D eigenvalue weighted by atomic mass is 32.2. The van der Waals surface area contributed by atoms with Crippen LogP contribution in [-0.4, -0.2) is 38.0 Å². The minimum Gasteiger partial charge on any atom is -0.496 e. The molecule has 29 heavy (non-hydrogen) atoms. The number of methoxy groups -OCH3 is 1. The first-order valence-corrected chi connectivity index (χ1v) is 10.3. The molecule has 0 aliphatic rings. The normalized spacial score (nSPS) is 11.3. The lowest BCUT2D eigenvalue weighted by atomic mass is 10.2. The monoisotopic (exact) mass is 414 g/mol. The second-order valence-corrected chi connectivity index (χ2v) is 8.04. The van der Waals surface area contributed by atoms with Crippen molar-refractivity contribution in [1.29, 1.82) is 0 Å². The van der Waals surface area contributed by atoms with Gasteiger partial charge >= 0.3 is 0 Å². The number of carbonyl (C=O) groups is 1. The van der Waals surface area contributed by atoms with E-state index in [1.54, 1.807) is 6.20 Å². The first-order chi connectivity index (χ1) is 13.9. The standard InChI is InChI=1S/C20H22N4O4S/c1-14-22-10-11-24(14)16-6-4-15(5-7-16)13-23-29(26,27)17-8-9-19(28-3)18(12-17)20(25)21-2/h4-12,23H,13H2,1-3H3,(H,21,25). The van der Waals surface area contributed by atoms with E-state index in [-0.39, 0.29) is 17.0 Å². The Hall–Kier alpha value is -3.17. The molecule has 0 atom stereocenters. The molecule has 152 valence electrons. The van der Waals surface area contributed by atoms with Crippen molar-refractivity contribution < 1.29 is 17.9 Å². The van der Waals surface area contributed by atoms with E-state index in [4.69, 9.17) is 4.74 Å². The maximum Gasteiger partial charge on any atom is 0.254 e. The third-order valence-corrected chi connectivity index (χ3v) is 5.86. The number of nitrogens with zero attached hydrogens (tertiary/aromatic N) is 2. The molecule has 3 rings (SSSR count). The zero-order valence-corrected chi connectivity index (χ0v) is 17.2. The number of benzene rings is 2. The van der Waals surface area contributed by atoms with Crippen molar-refractivity contribution >= 4 is 15.9 Å². The Morgan fingerprint density at radius 1 is 1.17 bits per heavy atom. The molecule has 0 saturated carbocycles. The summed E-state index contributed by atoms with van der Waals surface area (Å²) in [5.74, 6) is 0.739. The molecule has 9 heteroatoms. The van der Waals surface area contributed by atoms with Crippen LogP contribution < -0.4 is 14.8 Å². The number of imidazole rings is 1. The van der Waals surface area contributed by atoms with Gasteiger partial charge in [0.25, 0.3) is 5.91 Å².